The largest absolute Gasteiger partial charge is 0.460 e. The molecule has 0 spiro atoms. The fourth-order valence-electron chi connectivity index (χ4n) is 1.76. The molecule has 1 heterocycles. The van der Waals surface area contributed by atoms with Gasteiger partial charge in [0.15, 0.2) is 0 Å². The molecule has 0 fully saturated rings. The van der Waals surface area contributed by atoms with Crippen molar-refractivity contribution in [2.75, 3.05) is 6.54 Å². The van der Waals surface area contributed by atoms with Crippen LogP contribution in [0.4, 0.5) is 0 Å². The first-order chi connectivity index (χ1) is 8.94. The Morgan fingerprint density at radius 3 is 2.74 bits per heavy atom. The second kappa shape index (κ2) is 5.90. The summed E-state index contributed by atoms with van der Waals surface area (Å²) in [5, 5.41) is 12.8. The molecule has 1 aromatic heterocycles. The van der Waals surface area contributed by atoms with Crippen molar-refractivity contribution in [2.24, 2.45) is 0 Å². The van der Waals surface area contributed by atoms with E-state index in [1.165, 1.54) is 0 Å². The zero-order chi connectivity index (χ0) is 13.9. The molecule has 0 saturated carbocycles. The normalized spacial score (nSPS) is 11.8. The Kier molecular flexibility index (Phi) is 4.45. The summed E-state index contributed by atoms with van der Waals surface area (Å²) in [7, 11) is 0. The number of hydrogen-bond acceptors (Lipinski definition) is 3. The van der Waals surface area contributed by atoms with Crippen LogP contribution in [-0.2, 0) is 6.54 Å². The minimum atomic E-state index is -0.709. The summed E-state index contributed by atoms with van der Waals surface area (Å²) < 4.78 is 6.81. The lowest BCUT2D eigenvalue weighted by Crippen LogP contribution is -2.34. The summed E-state index contributed by atoms with van der Waals surface area (Å²) in [4.78, 5) is 0. The van der Waals surface area contributed by atoms with Gasteiger partial charge in [0.25, 0.3) is 0 Å². The van der Waals surface area contributed by atoms with Crippen LogP contribution in [0.3, 0.4) is 0 Å². The maximum Gasteiger partial charge on any atom is 0.134 e. The molecule has 2 N–H and O–H groups in total. The van der Waals surface area contributed by atoms with Gasteiger partial charge in [-0.05, 0) is 38.1 Å². The molecule has 0 saturated heterocycles. The Balaban J connectivity index is 1.99. The lowest BCUT2D eigenvalue weighted by Gasteiger charge is -2.16. The predicted molar refractivity (Wildman–Crippen MR) is 79.8 cm³/mol. The fourth-order valence-corrected chi connectivity index (χ4v) is 2.16. The fraction of sp³-hybridized carbons (Fsp3) is 0.333. The molecule has 19 heavy (non-hydrogen) atoms. The third-order valence-electron chi connectivity index (χ3n) is 2.63. The zero-order valence-electron chi connectivity index (χ0n) is 11.1. The molecule has 0 bridgehead atoms. The first-order valence-corrected chi connectivity index (χ1v) is 7.01. The number of halogens is 1. The van der Waals surface area contributed by atoms with E-state index in [4.69, 9.17) is 4.42 Å². The van der Waals surface area contributed by atoms with E-state index in [1.54, 1.807) is 13.8 Å². The molecule has 0 radical (unpaired) electrons. The summed E-state index contributed by atoms with van der Waals surface area (Å²) in [5.74, 6) is 1.71. The first kappa shape index (κ1) is 14.3. The SMILES string of the molecule is CC(C)(O)CNCc1ccc(-c2cccc(Br)c2)o1. The van der Waals surface area contributed by atoms with E-state index in [2.05, 4.69) is 21.2 Å². The lowest BCUT2D eigenvalue weighted by molar-refractivity contribution is 0.0790. The molecule has 0 unspecified atom stereocenters. The van der Waals surface area contributed by atoms with Gasteiger partial charge in [0, 0.05) is 16.6 Å². The van der Waals surface area contributed by atoms with E-state index in [0.29, 0.717) is 13.1 Å². The van der Waals surface area contributed by atoms with Gasteiger partial charge in [0.2, 0.25) is 0 Å². The Bertz CT molecular complexity index is 543. The van der Waals surface area contributed by atoms with E-state index in [-0.39, 0.29) is 0 Å². The average Bonchev–Trinajstić information content (AvgIpc) is 2.76. The number of hydrogen-bond donors (Lipinski definition) is 2. The molecule has 102 valence electrons. The molecule has 3 nitrogen and oxygen atoms in total. The summed E-state index contributed by atoms with van der Waals surface area (Å²) >= 11 is 3.45. The second-order valence-corrected chi connectivity index (χ2v) is 6.11. The van der Waals surface area contributed by atoms with Gasteiger partial charge in [0.05, 0.1) is 12.1 Å². The molecule has 4 heteroatoms. The van der Waals surface area contributed by atoms with Crippen molar-refractivity contribution < 1.29 is 9.52 Å². The van der Waals surface area contributed by atoms with Gasteiger partial charge in [-0.15, -0.1) is 0 Å². The Morgan fingerprint density at radius 2 is 2.05 bits per heavy atom. The molecule has 1 aromatic carbocycles. The Hall–Kier alpha value is -1.10. The van der Waals surface area contributed by atoms with Crippen LogP contribution in [0.15, 0.2) is 45.3 Å². The smallest absolute Gasteiger partial charge is 0.134 e. The van der Waals surface area contributed by atoms with Crippen LogP contribution in [0.2, 0.25) is 0 Å². The Labute approximate surface area is 121 Å². The monoisotopic (exact) mass is 323 g/mol. The topological polar surface area (TPSA) is 45.4 Å². The predicted octanol–water partition coefficient (Wildman–Crippen LogP) is 3.57. The van der Waals surface area contributed by atoms with Gasteiger partial charge >= 0.3 is 0 Å². The number of furan rings is 1. The maximum absolute atomic E-state index is 9.61. The van der Waals surface area contributed by atoms with Crippen molar-refractivity contribution in [3.63, 3.8) is 0 Å². The third kappa shape index (κ3) is 4.49. The van der Waals surface area contributed by atoms with Crippen molar-refractivity contribution in [1.82, 2.24) is 5.32 Å². The summed E-state index contributed by atoms with van der Waals surface area (Å²) in [5.41, 5.74) is 0.336. The van der Waals surface area contributed by atoms with Gasteiger partial charge in [-0.1, -0.05) is 28.1 Å². The highest BCUT2D eigenvalue weighted by atomic mass is 79.9. The molecule has 2 aromatic rings. The standard InChI is InChI=1S/C15H18BrNO2/c1-15(2,18)10-17-9-13-6-7-14(19-13)11-4-3-5-12(16)8-11/h3-8,17-18H,9-10H2,1-2H3. The molecular formula is C15H18BrNO2. The van der Waals surface area contributed by atoms with Gasteiger partial charge in [-0.2, -0.15) is 0 Å². The Morgan fingerprint density at radius 1 is 1.26 bits per heavy atom. The van der Waals surface area contributed by atoms with E-state index in [0.717, 1.165) is 21.6 Å². The van der Waals surface area contributed by atoms with E-state index in [1.807, 2.05) is 36.4 Å². The lowest BCUT2D eigenvalue weighted by atomic mass is 10.1. The maximum atomic E-state index is 9.61. The number of rotatable bonds is 5. The van der Waals surface area contributed by atoms with Crippen LogP contribution < -0.4 is 5.32 Å². The van der Waals surface area contributed by atoms with Crippen molar-refractivity contribution in [3.05, 3.63) is 46.6 Å². The van der Waals surface area contributed by atoms with E-state index < -0.39 is 5.60 Å². The van der Waals surface area contributed by atoms with Crippen LogP contribution in [0.25, 0.3) is 11.3 Å². The third-order valence-corrected chi connectivity index (χ3v) is 3.12. The molecule has 0 aliphatic carbocycles. The van der Waals surface area contributed by atoms with Gasteiger partial charge in [-0.25, -0.2) is 0 Å². The summed E-state index contributed by atoms with van der Waals surface area (Å²) in [6, 6.07) is 11.9. The van der Waals surface area contributed by atoms with Crippen molar-refractivity contribution in [1.29, 1.82) is 0 Å². The van der Waals surface area contributed by atoms with Gasteiger partial charge in [-0.3, -0.25) is 0 Å². The summed E-state index contributed by atoms with van der Waals surface area (Å²) in [6.45, 7) is 4.68. The second-order valence-electron chi connectivity index (χ2n) is 5.19. The quantitative estimate of drug-likeness (QED) is 0.884. The van der Waals surface area contributed by atoms with Crippen LogP contribution >= 0.6 is 15.9 Å². The zero-order valence-corrected chi connectivity index (χ0v) is 12.7. The van der Waals surface area contributed by atoms with Crippen LogP contribution in [-0.4, -0.2) is 17.3 Å². The van der Waals surface area contributed by atoms with Crippen molar-refractivity contribution >= 4 is 15.9 Å². The number of aliphatic hydroxyl groups is 1. The van der Waals surface area contributed by atoms with Crippen LogP contribution in [0, 0.1) is 0 Å². The summed E-state index contributed by atoms with van der Waals surface area (Å²) in [6.07, 6.45) is 0. The molecule has 0 aliphatic rings. The molecule has 0 amide bonds. The van der Waals surface area contributed by atoms with Gasteiger partial charge in [0.1, 0.15) is 11.5 Å². The molecule has 2 rings (SSSR count). The van der Waals surface area contributed by atoms with Crippen LogP contribution in [0.5, 0.6) is 0 Å². The van der Waals surface area contributed by atoms with Crippen LogP contribution in [0.1, 0.15) is 19.6 Å². The molecule has 0 atom stereocenters. The van der Waals surface area contributed by atoms with Gasteiger partial charge < -0.3 is 14.8 Å². The van der Waals surface area contributed by atoms with E-state index >= 15 is 0 Å². The molecular weight excluding hydrogens is 306 g/mol. The minimum Gasteiger partial charge on any atom is -0.460 e. The molecule has 0 aliphatic heterocycles. The number of benzene rings is 1. The first-order valence-electron chi connectivity index (χ1n) is 6.22. The average molecular weight is 324 g/mol. The highest BCUT2D eigenvalue weighted by Gasteiger charge is 2.12. The number of nitrogens with one attached hydrogen (secondary N) is 1. The minimum absolute atomic E-state index is 0.528. The highest BCUT2D eigenvalue weighted by Crippen LogP contribution is 2.24. The van der Waals surface area contributed by atoms with Crippen molar-refractivity contribution in [2.45, 2.75) is 26.0 Å². The van der Waals surface area contributed by atoms with Crippen molar-refractivity contribution in [3.8, 4) is 11.3 Å². The van der Waals surface area contributed by atoms with E-state index in [9.17, 15) is 5.11 Å². The highest BCUT2D eigenvalue weighted by molar-refractivity contribution is 9.10.